The monoisotopic (exact) mass is 360 g/mol. The molecular formula is C20H13FN4O2. The molecule has 1 aromatic heterocycles. The van der Waals surface area contributed by atoms with Gasteiger partial charge in [0, 0.05) is 11.6 Å². The first-order valence-electron chi connectivity index (χ1n) is 7.87. The number of halogens is 1. The first-order valence-corrected chi connectivity index (χ1v) is 7.87. The highest BCUT2D eigenvalue weighted by atomic mass is 19.1. The van der Waals surface area contributed by atoms with Crippen LogP contribution in [0.15, 0.2) is 53.3 Å². The van der Waals surface area contributed by atoms with Crippen molar-refractivity contribution in [3.05, 3.63) is 81.4 Å². The number of nitrogens with zero attached hydrogens (tertiary/aromatic N) is 2. The molecular weight excluding hydrogens is 347 g/mol. The van der Waals surface area contributed by atoms with Gasteiger partial charge < -0.3 is 15.5 Å². The van der Waals surface area contributed by atoms with E-state index in [9.17, 15) is 19.7 Å². The Balaban J connectivity index is 1.91. The van der Waals surface area contributed by atoms with Crippen LogP contribution in [-0.4, -0.2) is 4.98 Å². The zero-order valence-electron chi connectivity index (χ0n) is 14.0. The molecule has 0 aliphatic heterocycles. The van der Waals surface area contributed by atoms with Crippen molar-refractivity contribution in [1.82, 2.24) is 4.98 Å². The van der Waals surface area contributed by atoms with Crippen LogP contribution in [0.25, 0.3) is 11.1 Å². The highest BCUT2D eigenvalue weighted by Gasteiger charge is 2.17. The Bertz CT molecular complexity index is 1140. The van der Waals surface area contributed by atoms with Gasteiger partial charge in [-0.3, -0.25) is 4.79 Å². The number of H-pyrrole nitrogens is 1. The Morgan fingerprint density at radius 1 is 1.07 bits per heavy atom. The van der Waals surface area contributed by atoms with Crippen LogP contribution in [0.4, 0.5) is 10.2 Å². The van der Waals surface area contributed by atoms with Crippen LogP contribution in [-0.2, 0) is 6.61 Å². The van der Waals surface area contributed by atoms with Crippen LogP contribution >= 0.6 is 0 Å². The third-order valence-electron chi connectivity index (χ3n) is 3.91. The average Bonchev–Trinajstić information content (AvgIpc) is 2.66. The van der Waals surface area contributed by atoms with Crippen molar-refractivity contribution in [3.8, 4) is 29.0 Å². The van der Waals surface area contributed by atoms with Gasteiger partial charge in [-0.25, -0.2) is 4.39 Å². The topological polar surface area (TPSA) is 116 Å². The molecule has 7 heteroatoms. The number of nitrogens with two attached hydrogens (primary N) is 1. The molecule has 132 valence electrons. The second kappa shape index (κ2) is 7.42. The largest absolute Gasteiger partial charge is 0.489 e. The van der Waals surface area contributed by atoms with Gasteiger partial charge in [0.1, 0.15) is 47.3 Å². The van der Waals surface area contributed by atoms with Gasteiger partial charge in [0.15, 0.2) is 0 Å². The first kappa shape index (κ1) is 17.7. The highest BCUT2D eigenvalue weighted by molar-refractivity contribution is 5.80. The summed E-state index contributed by atoms with van der Waals surface area (Å²) in [6, 6.07) is 16.4. The molecule has 3 rings (SSSR count). The van der Waals surface area contributed by atoms with Gasteiger partial charge in [0.05, 0.1) is 0 Å². The third-order valence-corrected chi connectivity index (χ3v) is 3.91. The van der Waals surface area contributed by atoms with E-state index in [4.69, 9.17) is 10.5 Å². The summed E-state index contributed by atoms with van der Waals surface area (Å²) in [6.45, 7) is 0.206. The van der Waals surface area contributed by atoms with Crippen LogP contribution < -0.4 is 16.0 Å². The van der Waals surface area contributed by atoms with E-state index < -0.39 is 5.56 Å². The minimum atomic E-state index is -0.650. The standard InChI is InChI=1S/C20H13FN4O2/c21-14-2-1-3-15(8-14)27-11-12-4-6-13(7-5-12)18-16(9-22)19(24)25-20(26)17(18)10-23/h1-8H,11H2,(H3,24,25,26). The van der Waals surface area contributed by atoms with Crippen molar-refractivity contribution >= 4 is 5.82 Å². The number of benzene rings is 2. The van der Waals surface area contributed by atoms with Crippen LogP contribution in [0.5, 0.6) is 5.75 Å². The van der Waals surface area contributed by atoms with Crippen molar-refractivity contribution in [2.45, 2.75) is 6.61 Å². The molecule has 0 atom stereocenters. The molecule has 0 fully saturated rings. The number of hydrogen-bond acceptors (Lipinski definition) is 5. The lowest BCUT2D eigenvalue weighted by molar-refractivity contribution is 0.304. The first-order chi connectivity index (χ1) is 13.0. The molecule has 0 saturated carbocycles. The lowest BCUT2D eigenvalue weighted by Crippen LogP contribution is -2.16. The van der Waals surface area contributed by atoms with E-state index in [1.54, 1.807) is 36.4 Å². The zero-order chi connectivity index (χ0) is 19.4. The summed E-state index contributed by atoms with van der Waals surface area (Å²) in [5.74, 6) is -0.0715. The van der Waals surface area contributed by atoms with Gasteiger partial charge in [-0.1, -0.05) is 30.3 Å². The second-order valence-corrected chi connectivity index (χ2v) is 5.66. The maximum Gasteiger partial charge on any atom is 0.268 e. The quantitative estimate of drug-likeness (QED) is 0.742. The summed E-state index contributed by atoms with van der Waals surface area (Å²) in [7, 11) is 0. The number of ether oxygens (including phenoxy) is 1. The number of aromatic amines is 1. The lowest BCUT2D eigenvalue weighted by atomic mass is 9.96. The fraction of sp³-hybridized carbons (Fsp3) is 0.0500. The number of nitriles is 2. The predicted molar refractivity (Wildman–Crippen MR) is 97.1 cm³/mol. The molecule has 0 bridgehead atoms. The number of aromatic nitrogens is 1. The van der Waals surface area contributed by atoms with E-state index >= 15 is 0 Å². The van der Waals surface area contributed by atoms with Crippen molar-refractivity contribution < 1.29 is 9.13 Å². The molecule has 1 heterocycles. The summed E-state index contributed by atoms with van der Waals surface area (Å²) in [4.78, 5) is 14.3. The number of nitrogen functional groups attached to an aromatic ring is 1. The Labute approximate surface area is 153 Å². The fourth-order valence-electron chi connectivity index (χ4n) is 2.62. The maximum atomic E-state index is 13.2. The fourth-order valence-corrected chi connectivity index (χ4v) is 2.62. The predicted octanol–water partition coefficient (Wildman–Crippen LogP) is 3.09. The van der Waals surface area contributed by atoms with Gasteiger partial charge in [0.25, 0.3) is 5.56 Å². The van der Waals surface area contributed by atoms with E-state index in [1.807, 2.05) is 12.1 Å². The normalized spacial score (nSPS) is 10.0. The summed E-state index contributed by atoms with van der Waals surface area (Å²) in [6.07, 6.45) is 0. The molecule has 0 unspecified atom stereocenters. The Morgan fingerprint density at radius 2 is 1.78 bits per heavy atom. The summed E-state index contributed by atoms with van der Waals surface area (Å²) >= 11 is 0. The summed E-state index contributed by atoms with van der Waals surface area (Å²) < 4.78 is 18.7. The van der Waals surface area contributed by atoms with Crippen LogP contribution in [0.2, 0.25) is 0 Å². The molecule has 27 heavy (non-hydrogen) atoms. The van der Waals surface area contributed by atoms with Gasteiger partial charge in [0.2, 0.25) is 0 Å². The molecule has 0 radical (unpaired) electrons. The minimum Gasteiger partial charge on any atom is -0.489 e. The van der Waals surface area contributed by atoms with Crippen molar-refractivity contribution in [3.63, 3.8) is 0 Å². The van der Waals surface area contributed by atoms with E-state index in [0.29, 0.717) is 11.3 Å². The Hall–Kier alpha value is -4.10. The van der Waals surface area contributed by atoms with Crippen LogP contribution in [0, 0.1) is 28.5 Å². The second-order valence-electron chi connectivity index (χ2n) is 5.66. The molecule has 0 amide bonds. The van der Waals surface area contributed by atoms with Crippen molar-refractivity contribution in [2.75, 3.05) is 5.73 Å². The molecule has 0 aliphatic carbocycles. The van der Waals surface area contributed by atoms with Gasteiger partial charge >= 0.3 is 0 Å². The Kier molecular flexibility index (Phi) is 4.87. The summed E-state index contributed by atoms with van der Waals surface area (Å²) in [5, 5.41) is 18.6. The average molecular weight is 360 g/mol. The van der Waals surface area contributed by atoms with E-state index in [-0.39, 0.29) is 34.9 Å². The zero-order valence-corrected chi connectivity index (χ0v) is 14.0. The molecule has 0 aliphatic rings. The molecule has 0 saturated heterocycles. The SMILES string of the molecule is N#Cc1c(N)[nH]c(=O)c(C#N)c1-c1ccc(COc2cccc(F)c2)cc1. The number of pyridine rings is 1. The third kappa shape index (κ3) is 3.63. The highest BCUT2D eigenvalue weighted by Crippen LogP contribution is 2.28. The number of anilines is 1. The lowest BCUT2D eigenvalue weighted by Gasteiger charge is -2.10. The van der Waals surface area contributed by atoms with Gasteiger partial charge in [-0.2, -0.15) is 10.5 Å². The Morgan fingerprint density at radius 3 is 2.41 bits per heavy atom. The molecule has 0 spiro atoms. The maximum absolute atomic E-state index is 13.2. The van der Waals surface area contributed by atoms with Crippen molar-refractivity contribution in [1.29, 1.82) is 10.5 Å². The number of rotatable bonds is 4. The minimum absolute atomic E-state index is 0.0370. The van der Waals surface area contributed by atoms with Gasteiger partial charge in [-0.15, -0.1) is 0 Å². The molecule has 6 nitrogen and oxygen atoms in total. The van der Waals surface area contributed by atoms with E-state index in [0.717, 1.165) is 5.56 Å². The smallest absolute Gasteiger partial charge is 0.268 e. The number of hydrogen-bond donors (Lipinski definition) is 2. The summed E-state index contributed by atoms with van der Waals surface area (Å²) in [5.41, 5.74) is 6.41. The van der Waals surface area contributed by atoms with Crippen LogP contribution in [0.3, 0.4) is 0 Å². The molecule has 3 aromatic rings. The van der Waals surface area contributed by atoms with E-state index in [2.05, 4.69) is 4.98 Å². The molecule has 2 aromatic carbocycles. The van der Waals surface area contributed by atoms with Crippen LogP contribution in [0.1, 0.15) is 16.7 Å². The van der Waals surface area contributed by atoms with E-state index in [1.165, 1.54) is 12.1 Å². The molecule has 3 N–H and O–H groups in total. The number of nitrogens with one attached hydrogen (secondary N) is 1. The van der Waals surface area contributed by atoms with Gasteiger partial charge in [-0.05, 0) is 23.3 Å². The van der Waals surface area contributed by atoms with Crippen molar-refractivity contribution in [2.24, 2.45) is 0 Å².